The predicted molar refractivity (Wildman–Crippen MR) is 62.3 cm³/mol. The van der Waals surface area contributed by atoms with Crippen LogP contribution in [-0.4, -0.2) is 24.1 Å². The molecule has 3 N–H and O–H groups in total. The number of aromatic hydroxyl groups is 1. The Morgan fingerprint density at radius 3 is 2.71 bits per heavy atom. The molecule has 0 unspecified atom stereocenters. The summed E-state index contributed by atoms with van der Waals surface area (Å²) in [4.78, 5) is 21.7. The van der Waals surface area contributed by atoms with Gasteiger partial charge in [0.1, 0.15) is 11.3 Å². The van der Waals surface area contributed by atoms with Gasteiger partial charge in [0.15, 0.2) is 0 Å². The summed E-state index contributed by atoms with van der Waals surface area (Å²) in [6.07, 6.45) is 3.33. The summed E-state index contributed by atoms with van der Waals surface area (Å²) in [6.45, 7) is 0. The lowest BCUT2D eigenvalue weighted by Gasteiger charge is -2.03. The van der Waals surface area contributed by atoms with Crippen LogP contribution in [0.2, 0.25) is 0 Å². The molecular formula is C12H13NO4. The van der Waals surface area contributed by atoms with E-state index in [9.17, 15) is 14.7 Å². The van der Waals surface area contributed by atoms with E-state index >= 15 is 0 Å². The fraction of sp³-hybridized carbons (Fsp3) is 0.167. The fourth-order valence-electron chi connectivity index (χ4n) is 1.25. The van der Waals surface area contributed by atoms with Crippen molar-refractivity contribution in [1.29, 1.82) is 0 Å². The number of rotatable bonds is 4. The fourth-order valence-corrected chi connectivity index (χ4v) is 1.25. The Morgan fingerprint density at radius 2 is 2.18 bits per heavy atom. The summed E-state index contributed by atoms with van der Waals surface area (Å²) in [5.74, 6) is -1.20. The van der Waals surface area contributed by atoms with Crippen LogP contribution in [0.4, 0.5) is 0 Å². The number of esters is 1. The SMILES string of the molecule is COC(=O)c1ccc(C=CCC(N)=O)cc1O. The monoisotopic (exact) mass is 235 g/mol. The van der Waals surface area contributed by atoms with E-state index in [1.165, 1.54) is 19.2 Å². The van der Waals surface area contributed by atoms with E-state index in [2.05, 4.69) is 4.74 Å². The molecule has 1 aromatic carbocycles. The highest BCUT2D eigenvalue weighted by atomic mass is 16.5. The first kappa shape index (κ1) is 12.8. The molecule has 0 saturated carbocycles. The minimum Gasteiger partial charge on any atom is -0.507 e. The molecule has 0 fully saturated rings. The van der Waals surface area contributed by atoms with Gasteiger partial charge >= 0.3 is 5.97 Å². The Kier molecular flexibility index (Phi) is 4.28. The first-order chi connectivity index (χ1) is 8.04. The van der Waals surface area contributed by atoms with Gasteiger partial charge in [0.25, 0.3) is 0 Å². The predicted octanol–water partition coefficient (Wildman–Crippen LogP) is 1.07. The second kappa shape index (κ2) is 5.69. The molecule has 0 saturated heterocycles. The number of amides is 1. The van der Waals surface area contributed by atoms with Crippen LogP contribution in [0.15, 0.2) is 24.3 Å². The van der Waals surface area contributed by atoms with Gasteiger partial charge in [-0.15, -0.1) is 0 Å². The third-order valence-corrected chi connectivity index (χ3v) is 2.06. The number of primary amides is 1. The number of hydrogen-bond donors (Lipinski definition) is 2. The van der Waals surface area contributed by atoms with Crippen molar-refractivity contribution in [2.45, 2.75) is 6.42 Å². The van der Waals surface area contributed by atoms with Crippen LogP contribution in [0.1, 0.15) is 22.3 Å². The maximum atomic E-state index is 11.2. The molecular weight excluding hydrogens is 222 g/mol. The lowest BCUT2D eigenvalue weighted by Crippen LogP contribution is -2.07. The first-order valence-corrected chi connectivity index (χ1v) is 4.90. The molecule has 1 amide bonds. The number of carbonyl (C=O) groups excluding carboxylic acids is 2. The second-order valence-corrected chi connectivity index (χ2v) is 3.34. The largest absolute Gasteiger partial charge is 0.507 e. The molecule has 1 aromatic rings. The lowest BCUT2D eigenvalue weighted by atomic mass is 10.1. The van der Waals surface area contributed by atoms with Gasteiger partial charge in [-0.3, -0.25) is 4.79 Å². The van der Waals surface area contributed by atoms with Gasteiger partial charge in [0.05, 0.1) is 7.11 Å². The highest BCUT2D eigenvalue weighted by Crippen LogP contribution is 2.20. The van der Waals surface area contributed by atoms with Crippen LogP contribution in [0.5, 0.6) is 5.75 Å². The molecule has 5 nitrogen and oxygen atoms in total. The average Bonchev–Trinajstić information content (AvgIpc) is 2.28. The third kappa shape index (κ3) is 3.64. The van der Waals surface area contributed by atoms with Crippen molar-refractivity contribution in [3.8, 4) is 5.75 Å². The molecule has 0 atom stereocenters. The van der Waals surface area contributed by atoms with Crippen LogP contribution in [0, 0.1) is 0 Å². The van der Waals surface area contributed by atoms with Gasteiger partial charge in [-0.1, -0.05) is 18.2 Å². The van der Waals surface area contributed by atoms with Gasteiger partial charge in [-0.2, -0.15) is 0 Å². The van der Waals surface area contributed by atoms with Crippen LogP contribution in [0.25, 0.3) is 6.08 Å². The van der Waals surface area contributed by atoms with Crippen molar-refractivity contribution >= 4 is 18.0 Å². The number of ether oxygens (including phenoxy) is 1. The van der Waals surface area contributed by atoms with Gasteiger partial charge in [-0.05, 0) is 17.7 Å². The summed E-state index contributed by atoms with van der Waals surface area (Å²) >= 11 is 0. The van der Waals surface area contributed by atoms with Crippen molar-refractivity contribution in [3.05, 3.63) is 35.4 Å². The molecule has 17 heavy (non-hydrogen) atoms. The zero-order chi connectivity index (χ0) is 12.8. The van der Waals surface area contributed by atoms with E-state index in [4.69, 9.17) is 5.73 Å². The van der Waals surface area contributed by atoms with Crippen LogP contribution < -0.4 is 5.73 Å². The van der Waals surface area contributed by atoms with Gasteiger partial charge in [0, 0.05) is 6.42 Å². The summed E-state index contributed by atoms with van der Waals surface area (Å²) in [7, 11) is 1.24. The van der Waals surface area contributed by atoms with Crippen LogP contribution in [0.3, 0.4) is 0 Å². The standard InChI is InChI=1S/C12H13NO4/c1-17-12(16)9-6-5-8(7-10(9)14)3-2-4-11(13)15/h2-3,5-7,14H,4H2,1H3,(H2,13,15). The van der Waals surface area contributed by atoms with E-state index in [1.807, 2.05) is 0 Å². The summed E-state index contributed by atoms with van der Waals surface area (Å²) in [5, 5.41) is 9.58. The number of phenolic OH excluding ortho intramolecular Hbond substituents is 1. The van der Waals surface area contributed by atoms with Crippen molar-refractivity contribution in [1.82, 2.24) is 0 Å². The van der Waals surface area contributed by atoms with Gasteiger partial charge < -0.3 is 15.6 Å². The molecule has 0 aliphatic carbocycles. The molecule has 90 valence electrons. The summed E-state index contributed by atoms with van der Waals surface area (Å²) in [5.41, 5.74) is 5.73. The molecule has 0 heterocycles. The molecule has 0 radical (unpaired) electrons. The molecule has 0 spiro atoms. The quantitative estimate of drug-likeness (QED) is 0.764. The number of hydrogen-bond acceptors (Lipinski definition) is 4. The number of benzene rings is 1. The average molecular weight is 235 g/mol. The highest BCUT2D eigenvalue weighted by molar-refractivity contribution is 5.92. The molecule has 0 bridgehead atoms. The smallest absolute Gasteiger partial charge is 0.341 e. The van der Waals surface area contributed by atoms with E-state index in [-0.39, 0.29) is 17.7 Å². The molecule has 0 aliphatic heterocycles. The van der Waals surface area contributed by atoms with Crippen molar-refractivity contribution < 1.29 is 19.4 Å². The Labute approximate surface area is 98.5 Å². The molecule has 5 heteroatoms. The molecule has 1 rings (SSSR count). The first-order valence-electron chi connectivity index (χ1n) is 4.90. The number of methoxy groups -OCH3 is 1. The Morgan fingerprint density at radius 1 is 1.47 bits per heavy atom. The Balaban J connectivity index is 2.85. The van der Waals surface area contributed by atoms with E-state index in [0.717, 1.165) is 0 Å². The normalized spacial score (nSPS) is 10.4. The second-order valence-electron chi connectivity index (χ2n) is 3.34. The minimum atomic E-state index is -0.602. The zero-order valence-corrected chi connectivity index (χ0v) is 9.34. The van der Waals surface area contributed by atoms with E-state index in [0.29, 0.717) is 5.56 Å². The maximum Gasteiger partial charge on any atom is 0.341 e. The van der Waals surface area contributed by atoms with Crippen molar-refractivity contribution in [2.24, 2.45) is 5.73 Å². The summed E-state index contributed by atoms with van der Waals surface area (Å²) in [6, 6.07) is 4.48. The number of nitrogens with two attached hydrogens (primary N) is 1. The van der Waals surface area contributed by atoms with Gasteiger partial charge in [0.2, 0.25) is 5.91 Å². The van der Waals surface area contributed by atoms with Crippen molar-refractivity contribution in [2.75, 3.05) is 7.11 Å². The Hall–Kier alpha value is -2.30. The number of carbonyl (C=O) groups is 2. The Bertz CT molecular complexity index is 466. The molecule has 0 aromatic heterocycles. The van der Waals surface area contributed by atoms with Crippen LogP contribution >= 0.6 is 0 Å². The third-order valence-electron chi connectivity index (χ3n) is 2.06. The molecule has 0 aliphatic rings. The lowest BCUT2D eigenvalue weighted by molar-refractivity contribution is -0.117. The maximum absolute atomic E-state index is 11.2. The van der Waals surface area contributed by atoms with Crippen molar-refractivity contribution in [3.63, 3.8) is 0 Å². The number of phenols is 1. The van der Waals surface area contributed by atoms with E-state index < -0.39 is 11.9 Å². The van der Waals surface area contributed by atoms with Gasteiger partial charge in [-0.25, -0.2) is 4.79 Å². The van der Waals surface area contributed by atoms with E-state index in [1.54, 1.807) is 18.2 Å². The van der Waals surface area contributed by atoms with Crippen LogP contribution in [-0.2, 0) is 9.53 Å². The topological polar surface area (TPSA) is 89.6 Å². The highest BCUT2D eigenvalue weighted by Gasteiger charge is 2.10. The zero-order valence-electron chi connectivity index (χ0n) is 9.34. The minimum absolute atomic E-state index is 0.0968. The summed E-state index contributed by atoms with van der Waals surface area (Å²) < 4.78 is 4.49.